The average Bonchev–Trinajstić information content (AvgIpc) is 2.74. The van der Waals surface area contributed by atoms with Gasteiger partial charge in [0.25, 0.3) is 0 Å². The Morgan fingerprint density at radius 3 is 2.61 bits per heavy atom. The van der Waals surface area contributed by atoms with Crippen LogP contribution in [0.2, 0.25) is 0 Å². The van der Waals surface area contributed by atoms with Crippen molar-refractivity contribution in [3.8, 4) is 5.69 Å². The summed E-state index contributed by atoms with van der Waals surface area (Å²) < 4.78 is 15.2. The predicted octanol–water partition coefficient (Wildman–Crippen LogP) is 3.06. The number of rotatable bonds is 1. The normalized spacial score (nSPS) is 11.0. The summed E-state index contributed by atoms with van der Waals surface area (Å²) in [6.45, 7) is 1.88. The molecular weight excluding hydrogens is 229 g/mol. The van der Waals surface area contributed by atoms with E-state index in [9.17, 15) is 4.39 Å². The van der Waals surface area contributed by atoms with Crippen LogP contribution in [0.1, 0.15) is 5.56 Å². The smallest absolute Gasteiger partial charge is 0.125 e. The van der Waals surface area contributed by atoms with Crippen molar-refractivity contribution in [1.82, 2.24) is 9.55 Å². The molecule has 0 spiro atoms. The van der Waals surface area contributed by atoms with Gasteiger partial charge in [-0.3, -0.25) is 4.57 Å². The van der Waals surface area contributed by atoms with E-state index < -0.39 is 0 Å². The molecule has 0 bridgehead atoms. The number of benzene rings is 2. The molecule has 0 saturated carbocycles. The summed E-state index contributed by atoms with van der Waals surface area (Å²) in [4.78, 5) is 4.23. The lowest BCUT2D eigenvalue weighted by atomic mass is 10.2. The first-order chi connectivity index (χ1) is 8.65. The molecule has 1 heterocycles. The molecule has 0 unspecified atom stereocenters. The Balaban J connectivity index is 2.27. The molecule has 2 N–H and O–H groups in total. The van der Waals surface area contributed by atoms with Gasteiger partial charge in [0.2, 0.25) is 0 Å². The topological polar surface area (TPSA) is 43.8 Å². The van der Waals surface area contributed by atoms with Crippen LogP contribution in [0.25, 0.3) is 16.7 Å². The maximum absolute atomic E-state index is 13.3. The van der Waals surface area contributed by atoms with Gasteiger partial charge in [-0.2, -0.15) is 0 Å². The minimum Gasteiger partial charge on any atom is -0.399 e. The molecule has 0 atom stereocenters. The Labute approximate surface area is 104 Å². The van der Waals surface area contributed by atoms with E-state index in [1.165, 1.54) is 12.1 Å². The summed E-state index contributed by atoms with van der Waals surface area (Å²) in [5, 5.41) is 0. The van der Waals surface area contributed by atoms with Gasteiger partial charge >= 0.3 is 0 Å². The monoisotopic (exact) mass is 241 g/mol. The standard InChI is InChI=1S/C14H12FN3/c1-9-6-10(15)7-13-14(9)18(8-17-13)12-4-2-11(16)3-5-12/h2-8H,16H2,1H3. The largest absolute Gasteiger partial charge is 0.399 e. The van der Waals surface area contributed by atoms with Gasteiger partial charge in [-0.25, -0.2) is 9.37 Å². The molecular formula is C14H12FN3. The van der Waals surface area contributed by atoms with Crippen LogP contribution in [0.3, 0.4) is 0 Å². The van der Waals surface area contributed by atoms with Crippen molar-refractivity contribution >= 4 is 16.7 Å². The van der Waals surface area contributed by atoms with E-state index in [0.717, 1.165) is 16.8 Å². The van der Waals surface area contributed by atoms with Crippen molar-refractivity contribution in [2.24, 2.45) is 0 Å². The summed E-state index contributed by atoms with van der Waals surface area (Å²) >= 11 is 0. The summed E-state index contributed by atoms with van der Waals surface area (Å²) in [6, 6.07) is 10.5. The minimum atomic E-state index is -0.262. The zero-order valence-corrected chi connectivity index (χ0v) is 9.89. The minimum absolute atomic E-state index is 0.262. The lowest BCUT2D eigenvalue weighted by molar-refractivity contribution is 0.628. The number of imidazole rings is 1. The molecule has 3 aromatic rings. The third kappa shape index (κ3) is 1.62. The van der Waals surface area contributed by atoms with Crippen LogP contribution in [-0.4, -0.2) is 9.55 Å². The van der Waals surface area contributed by atoms with Gasteiger partial charge < -0.3 is 5.73 Å². The molecule has 18 heavy (non-hydrogen) atoms. The maximum Gasteiger partial charge on any atom is 0.125 e. The Kier molecular flexibility index (Phi) is 2.30. The molecule has 4 heteroatoms. The van der Waals surface area contributed by atoms with Crippen molar-refractivity contribution in [3.05, 3.63) is 54.1 Å². The zero-order chi connectivity index (χ0) is 12.7. The van der Waals surface area contributed by atoms with Crippen molar-refractivity contribution < 1.29 is 4.39 Å². The Morgan fingerprint density at radius 1 is 1.17 bits per heavy atom. The van der Waals surface area contributed by atoms with E-state index in [-0.39, 0.29) is 5.82 Å². The first kappa shape index (κ1) is 10.8. The lowest BCUT2D eigenvalue weighted by Gasteiger charge is -2.06. The highest BCUT2D eigenvalue weighted by molar-refractivity contribution is 5.81. The SMILES string of the molecule is Cc1cc(F)cc2ncn(-c3ccc(N)cc3)c12. The van der Waals surface area contributed by atoms with E-state index in [1.54, 1.807) is 6.33 Å². The Bertz CT molecular complexity index is 714. The molecule has 0 amide bonds. The molecule has 0 saturated heterocycles. The van der Waals surface area contributed by atoms with Crippen LogP contribution in [0.15, 0.2) is 42.7 Å². The van der Waals surface area contributed by atoms with Crippen LogP contribution < -0.4 is 5.73 Å². The molecule has 0 aliphatic rings. The van der Waals surface area contributed by atoms with Gasteiger partial charge in [-0.05, 0) is 42.8 Å². The van der Waals surface area contributed by atoms with Gasteiger partial charge in [0.05, 0.1) is 11.0 Å². The van der Waals surface area contributed by atoms with E-state index in [2.05, 4.69) is 4.98 Å². The number of anilines is 1. The van der Waals surface area contributed by atoms with Crippen LogP contribution in [-0.2, 0) is 0 Å². The van der Waals surface area contributed by atoms with E-state index >= 15 is 0 Å². The summed E-state index contributed by atoms with van der Waals surface area (Å²) in [5.74, 6) is -0.262. The van der Waals surface area contributed by atoms with Gasteiger partial charge in [0, 0.05) is 17.4 Å². The average molecular weight is 241 g/mol. The van der Waals surface area contributed by atoms with E-state index in [1.807, 2.05) is 35.8 Å². The van der Waals surface area contributed by atoms with Crippen molar-refractivity contribution in [3.63, 3.8) is 0 Å². The fourth-order valence-corrected chi connectivity index (χ4v) is 2.14. The third-order valence-corrected chi connectivity index (χ3v) is 2.97. The number of halogens is 1. The second-order valence-electron chi connectivity index (χ2n) is 4.30. The second kappa shape index (κ2) is 3.84. The molecule has 0 aliphatic carbocycles. The first-order valence-corrected chi connectivity index (χ1v) is 5.64. The van der Waals surface area contributed by atoms with Gasteiger partial charge in [-0.1, -0.05) is 0 Å². The quantitative estimate of drug-likeness (QED) is 0.665. The third-order valence-electron chi connectivity index (χ3n) is 2.97. The number of hydrogen-bond acceptors (Lipinski definition) is 2. The number of nitrogens with two attached hydrogens (primary N) is 1. The van der Waals surface area contributed by atoms with Crippen LogP contribution in [0.4, 0.5) is 10.1 Å². The van der Waals surface area contributed by atoms with Crippen LogP contribution >= 0.6 is 0 Å². The lowest BCUT2D eigenvalue weighted by Crippen LogP contribution is -1.94. The first-order valence-electron chi connectivity index (χ1n) is 5.64. The molecule has 90 valence electrons. The highest BCUT2D eigenvalue weighted by atomic mass is 19.1. The van der Waals surface area contributed by atoms with Crippen molar-refractivity contribution in [2.45, 2.75) is 6.92 Å². The van der Waals surface area contributed by atoms with Gasteiger partial charge in [-0.15, -0.1) is 0 Å². The van der Waals surface area contributed by atoms with Crippen LogP contribution in [0, 0.1) is 12.7 Å². The molecule has 0 fully saturated rings. The molecule has 3 rings (SSSR count). The highest BCUT2D eigenvalue weighted by Crippen LogP contribution is 2.23. The molecule has 3 nitrogen and oxygen atoms in total. The van der Waals surface area contributed by atoms with Crippen LogP contribution in [0.5, 0.6) is 0 Å². The number of hydrogen-bond donors (Lipinski definition) is 1. The Morgan fingerprint density at radius 2 is 1.89 bits per heavy atom. The van der Waals surface area contributed by atoms with E-state index in [4.69, 9.17) is 5.73 Å². The summed E-state index contributed by atoms with van der Waals surface area (Å²) in [7, 11) is 0. The fourth-order valence-electron chi connectivity index (χ4n) is 2.14. The number of aryl methyl sites for hydroxylation is 1. The second-order valence-corrected chi connectivity index (χ2v) is 4.30. The fraction of sp³-hybridized carbons (Fsp3) is 0.0714. The van der Waals surface area contributed by atoms with Crippen molar-refractivity contribution in [2.75, 3.05) is 5.73 Å². The Hall–Kier alpha value is -2.36. The molecule has 0 aliphatic heterocycles. The molecule has 0 radical (unpaired) electrons. The van der Waals surface area contributed by atoms with E-state index in [0.29, 0.717) is 11.2 Å². The number of fused-ring (bicyclic) bond motifs is 1. The summed E-state index contributed by atoms with van der Waals surface area (Å²) in [6.07, 6.45) is 1.70. The molecule has 1 aromatic heterocycles. The number of nitrogens with zero attached hydrogens (tertiary/aromatic N) is 2. The van der Waals surface area contributed by atoms with Gasteiger partial charge in [0.15, 0.2) is 0 Å². The number of aromatic nitrogens is 2. The van der Waals surface area contributed by atoms with Gasteiger partial charge in [0.1, 0.15) is 12.1 Å². The number of nitrogen functional groups attached to an aromatic ring is 1. The predicted molar refractivity (Wildman–Crippen MR) is 70.2 cm³/mol. The zero-order valence-electron chi connectivity index (χ0n) is 9.89. The van der Waals surface area contributed by atoms with Crippen molar-refractivity contribution in [1.29, 1.82) is 0 Å². The maximum atomic E-state index is 13.3. The molecule has 2 aromatic carbocycles. The summed E-state index contributed by atoms with van der Waals surface area (Å²) in [5.41, 5.74) is 9.78. The highest BCUT2D eigenvalue weighted by Gasteiger charge is 2.08.